The lowest BCUT2D eigenvalue weighted by atomic mass is 10.1. The zero-order valence-corrected chi connectivity index (χ0v) is 9.83. The zero-order valence-electron chi connectivity index (χ0n) is 9.83. The van der Waals surface area contributed by atoms with Gasteiger partial charge >= 0.3 is 0 Å². The smallest absolute Gasteiger partial charge is 0.220 e. The molecule has 3 N–H and O–H groups in total. The molecule has 0 aliphatic carbocycles. The van der Waals surface area contributed by atoms with Gasteiger partial charge in [-0.2, -0.15) is 0 Å². The van der Waals surface area contributed by atoms with Crippen LogP contribution in [0.2, 0.25) is 0 Å². The Balaban J connectivity index is 2.26. The number of hydrogen-bond donors (Lipinski definition) is 2. The van der Waals surface area contributed by atoms with E-state index in [0.29, 0.717) is 19.5 Å². The molecule has 0 bridgehead atoms. The molecule has 0 spiro atoms. The molecule has 3 heteroatoms. The Morgan fingerprint density at radius 3 is 2.88 bits per heavy atom. The third-order valence-electron chi connectivity index (χ3n) is 2.43. The van der Waals surface area contributed by atoms with Crippen molar-refractivity contribution >= 4 is 5.91 Å². The fraction of sp³-hybridized carbons (Fsp3) is 0.462. The summed E-state index contributed by atoms with van der Waals surface area (Å²) in [5.41, 5.74) is 7.73. The van der Waals surface area contributed by atoms with Crippen molar-refractivity contribution in [3.05, 3.63) is 35.4 Å². The second kappa shape index (κ2) is 7.01. The molecule has 0 unspecified atom stereocenters. The minimum absolute atomic E-state index is 0.106. The molecular weight excluding hydrogens is 200 g/mol. The molecular formula is C13H20N2O. The Bertz CT molecular complexity index is 336. The van der Waals surface area contributed by atoms with Crippen LogP contribution in [-0.4, -0.2) is 12.5 Å². The van der Waals surface area contributed by atoms with Crippen molar-refractivity contribution in [2.45, 2.75) is 32.7 Å². The number of unbranched alkanes of at least 4 members (excludes halogenated alkanes) is 1. The van der Waals surface area contributed by atoms with Crippen molar-refractivity contribution < 1.29 is 4.79 Å². The topological polar surface area (TPSA) is 55.1 Å². The first kappa shape index (κ1) is 12.7. The summed E-state index contributed by atoms with van der Waals surface area (Å²) in [6, 6.07) is 8.16. The summed E-state index contributed by atoms with van der Waals surface area (Å²) in [5, 5.41) is 2.91. The van der Waals surface area contributed by atoms with Gasteiger partial charge in [-0.1, -0.05) is 29.8 Å². The Morgan fingerprint density at radius 2 is 2.19 bits per heavy atom. The highest BCUT2D eigenvalue weighted by atomic mass is 16.1. The number of nitrogens with one attached hydrogen (secondary N) is 1. The van der Waals surface area contributed by atoms with E-state index in [2.05, 4.69) is 11.4 Å². The van der Waals surface area contributed by atoms with Gasteiger partial charge < -0.3 is 11.1 Å². The van der Waals surface area contributed by atoms with Gasteiger partial charge in [0, 0.05) is 13.0 Å². The van der Waals surface area contributed by atoms with Crippen LogP contribution >= 0.6 is 0 Å². The van der Waals surface area contributed by atoms with E-state index in [-0.39, 0.29) is 5.91 Å². The molecule has 0 atom stereocenters. The highest BCUT2D eigenvalue weighted by Gasteiger charge is 2.00. The molecule has 3 nitrogen and oxygen atoms in total. The molecule has 16 heavy (non-hydrogen) atoms. The van der Waals surface area contributed by atoms with Crippen molar-refractivity contribution in [1.29, 1.82) is 0 Å². The number of carbonyl (C=O) groups excluding carboxylic acids is 1. The van der Waals surface area contributed by atoms with Crippen LogP contribution in [0.1, 0.15) is 30.4 Å². The molecule has 0 saturated heterocycles. The maximum atomic E-state index is 11.4. The molecule has 0 saturated carbocycles. The lowest BCUT2D eigenvalue weighted by Gasteiger charge is -2.05. The fourth-order valence-electron chi connectivity index (χ4n) is 1.54. The van der Waals surface area contributed by atoms with Gasteiger partial charge in [0.15, 0.2) is 0 Å². The van der Waals surface area contributed by atoms with Crippen LogP contribution in [0.15, 0.2) is 24.3 Å². The van der Waals surface area contributed by atoms with Gasteiger partial charge in [0.05, 0.1) is 0 Å². The lowest BCUT2D eigenvalue weighted by Crippen LogP contribution is -2.22. The Kier molecular flexibility index (Phi) is 5.57. The van der Waals surface area contributed by atoms with Crippen molar-refractivity contribution in [2.75, 3.05) is 6.54 Å². The molecule has 88 valence electrons. The van der Waals surface area contributed by atoms with Crippen molar-refractivity contribution in [1.82, 2.24) is 5.32 Å². The monoisotopic (exact) mass is 220 g/mol. The molecule has 0 aromatic heterocycles. The Morgan fingerprint density at radius 1 is 1.38 bits per heavy atom. The molecule has 1 amide bonds. The van der Waals surface area contributed by atoms with E-state index in [1.54, 1.807) is 0 Å². The van der Waals surface area contributed by atoms with Crippen molar-refractivity contribution in [3.63, 3.8) is 0 Å². The van der Waals surface area contributed by atoms with Gasteiger partial charge in [-0.3, -0.25) is 4.79 Å². The normalized spacial score (nSPS) is 10.1. The Labute approximate surface area is 97.0 Å². The second-order valence-corrected chi connectivity index (χ2v) is 4.01. The average molecular weight is 220 g/mol. The third-order valence-corrected chi connectivity index (χ3v) is 2.43. The van der Waals surface area contributed by atoms with E-state index in [1.165, 1.54) is 5.56 Å². The average Bonchev–Trinajstić information content (AvgIpc) is 2.27. The number of rotatable bonds is 6. The van der Waals surface area contributed by atoms with E-state index in [0.717, 1.165) is 18.4 Å². The van der Waals surface area contributed by atoms with Gasteiger partial charge in [-0.05, 0) is 31.9 Å². The summed E-state index contributed by atoms with van der Waals surface area (Å²) in [7, 11) is 0. The number of nitrogens with two attached hydrogens (primary N) is 1. The minimum atomic E-state index is 0.106. The second-order valence-electron chi connectivity index (χ2n) is 4.01. The van der Waals surface area contributed by atoms with Gasteiger partial charge in [0.25, 0.3) is 0 Å². The quantitative estimate of drug-likeness (QED) is 0.717. The van der Waals surface area contributed by atoms with Gasteiger partial charge in [-0.15, -0.1) is 0 Å². The maximum absolute atomic E-state index is 11.4. The highest BCUT2D eigenvalue weighted by molar-refractivity contribution is 5.75. The van der Waals surface area contributed by atoms with E-state index in [9.17, 15) is 4.79 Å². The SMILES string of the molecule is Cc1cccc(CNC(=O)CCCCN)c1. The summed E-state index contributed by atoms with van der Waals surface area (Å²) >= 11 is 0. The van der Waals surface area contributed by atoms with Crippen LogP contribution in [0.5, 0.6) is 0 Å². The predicted octanol–water partition coefficient (Wildman–Crippen LogP) is 1.74. The van der Waals surface area contributed by atoms with E-state index in [4.69, 9.17) is 5.73 Å². The summed E-state index contributed by atoms with van der Waals surface area (Å²) in [5.74, 6) is 0.106. The summed E-state index contributed by atoms with van der Waals surface area (Å²) < 4.78 is 0. The minimum Gasteiger partial charge on any atom is -0.352 e. The van der Waals surface area contributed by atoms with Crippen LogP contribution in [0, 0.1) is 6.92 Å². The summed E-state index contributed by atoms with van der Waals surface area (Å²) in [6.45, 7) is 3.32. The molecule has 0 radical (unpaired) electrons. The number of benzene rings is 1. The van der Waals surface area contributed by atoms with Gasteiger partial charge in [0.1, 0.15) is 0 Å². The number of amides is 1. The standard InChI is InChI=1S/C13H20N2O/c1-11-5-4-6-12(9-11)10-15-13(16)7-2-3-8-14/h4-6,9H,2-3,7-8,10,14H2,1H3,(H,15,16). The zero-order chi connectivity index (χ0) is 11.8. The predicted molar refractivity (Wildman–Crippen MR) is 65.9 cm³/mol. The van der Waals surface area contributed by atoms with Crippen LogP contribution in [-0.2, 0) is 11.3 Å². The maximum Gasteiger partial charge on any atom is 0.220 e. The summed E-state index contributed by atoms with van der Waals surface area (Å²) in [6.07, 6.45) is 2.36. The van der Waals surface area contributed by atoms with Crippen LogP contribution in [0.3, 0.4) is 0 Å². The van der Waals surface area contributed by atoms with Crippen LogP contribution in [0.4, 0.5) is 0 Å². The molecule has 1 aromatic rings. The molecule has 0 aliphatic rings. The van der Waals surface area contributed by atoms with Gasteiger partial charge in [-0.25, -0.2) is 0 Å². The van der Waals surface area contributed by atoms with E-state index < -0.39 is 0 Å². The Hall–Kier alpha value is -1.35. The summed E-state index contributed by atoms with van der Waals surface area (Å²) in [4.78, 5) is 11.4. The largest absolute Gasteiger partial charge is 0.352 e. The first-order valence-corrected chi connectivity index (χ1v) is 5.74. The first-order chi connectivity index (χ1) is 7.72. The number of hydrogen-bond acceptors (Lipinski definition) is 2. The molecule has 0 heterocycles. The third kappa shape index (κ3) is 4.94. The molecule has 0 aliphatic heterocycles. The molecule has 0 fully saturated rings. The van der Waals surface area contributed by atoms with Crippen molar-refractivity contribution in [2.24, 2.45) is 5.73 Å². The van der Waals surface area contributed by atoms with E-state index in [1.807, 2.05) is 25.1 Å². The lowest BCUT2D eigenvalue weighted by molar-refractivity contribution is -0.121. The van der Waals surface area contributed by atoms with Crippen LogP contribution in [0.25, 0.3) is 0 Å². The highest BCUT2D eigenvalue weighted by Crippen LogP contribution is 2.03. The molecule has 1 aromatic carbocycles. The first-order valence-electron chi connectivity index (χ1n) is 5.74. The number of carbonyl (C=O) groups is 1. The molecule has 1 rings (SSSR count). The van der Waals surface area contributed by atoms with E-state index >= 15 is 0 Å². The van der Waals surface area contributed by atoms with Gasteiger partial charge in [0.2, 0.25) is 5.91 Å². The number of aryl methyl sites for hydroxylation is 1. The fourth-order valence-corrected chi connectivity index (χ4v) is 1.54. The van der Waals surface area contributed by atoms with Crippen LogP contribution < -0.4 is 11.1 Å². The van der Waals surface area contributed by atoms with Crippen molar-refractivity contribution in [3.8, 4) is 0 Å².